The number of nitrogens with zero attached hydrogens (tertiary/aromatic N) is 2. The number of carbonyl (C=O) groups is 1. The number of hydrogen-bond donors (Lipinski definition) is 1. The normalized spacial score (nSPS) is 14.9. The first kappa shape index (κ1) is 15.2. The van der Waals surface area contributed by atoms with Gasteiger partial charge in [0.1, 0.15) is 0 Å². The fourth-order valence-electron chi connectivity index (χ4n) is 2.56. The van der Waals surface area contributed by atoms with Crippen molar-refractivity contribution in [2.45, 2.75) is 18.9 Å². The standard InChI is InChI=1S/C18H17N3O2/c19-12-13-5-8-20-17(11-13)14-1-3-15(4-2-14)18(22)21-16-6-9-23-10-7-16/h1-5,8,11,16H,6-7,9-10H2,(H,21,22). The Balaban J connectivity index is 1.71. The Morgan fingerprint density at radius 2 is 1.96 bits per heavy atom. The molecule has 1 fully saturated rings. The molecule has 116 valence electrons. The van der Waals surface area contributed by atoms with Gasteiger partial charge in [0.2, 0.25) is 0 Å². The minimum atomic E-state index is -0.0674. The third-order valence-electron chi connectivity index (χ3n) is 3.89. The minimum absolute atomic E-state index is 0.0674. The number of rotatable bonds is 3. The van der Waals surface area contributed by atoms with Crippen LogP contribution in [0.1, 0.15) is 28.8 Å². The highest BCUT2D eigenvalue weighted by Crippen LogP contribution is 2.18. The number of nitriles is 1. The molecule has 0 saturated carbocycles. The molecule has 2 heterocycles. The highest BCUT2D eigenvalue weighted by Gasteiger charge is 2.17. The van der Waals surface area contributed by atoms with Gasteiger partial charge in [0.05, 0.1) is 17.3 Å². The van der Waals surface area contributed by atoms with E-state index in [1.807, 2.05) is 12.1 Å². The summed E-state index contributed by atoms with van der Waals surface area (Å²) in [5.41, 5.74) is 2.79. The van der Waals surface area contributed by atoms with Gasteiger partial charge < -0.3 is 10.1 Å². The predicted molar refractivity (Wildman–Crippen MR) is 85.7 cm³/mol. The molecule has 1 aliphatic rings. The Kier molecular flexibility index (Phi) is 4.65. The summed E-state index contributed by atoms with van der Waals surface area (Å²) in [6, 6.07) is 12.9. The van der Waals surface area contributed by atoms with Crippen molar-refractivity contribution in [3.8, 4) is 17.3 Å². The summed E-state index contributed by atoms with van der Waals surface area (Å²) in [6.07, 6.45) is 3.32. The SMILES string of the molecule is N#Cc1ccnc(-c2ccc(C(=O)NC3CCOCC3)cc2)c1. The lowest BCUT2D eigenvalue weighted by Gasteiger charge is -2.23. The Morgan fingerprint density at radius 3 is 2.65 bits per heavy atom. The largest absolute Gasteiger partial charge is 0.381 e. The summed E-state index contributed by atoms with van der Waals surface area (Å²) in [5.74, 6) is -0.0674. The van der Waals surface area contributed by atoms with Gasteiger partial charge in [-0.1, -0.05) is 12.1 Å². The molecule has 1 saturated heterocycles. The summed E-state index contributed by atoms with van der Waals surface area (Å²) in [4.78, 5) is 16.5. The van der Waals surface area contributed by atoms with Crippen molar-refractivity contribution >= 4 is 5.91 Å². The van der Waals surface area contributed by atoms with Crippen LogP contribution in [-0.2, 0) is 4.74 Å². The van der Waals surface area contributed by atoms with Crippen molar-refractivity contribution in [3.05, 3.63) is 53.7 Å². The van der Waals surface area contributed by atoms with Gasteiger partial charge in [-0.3, -0.25) is 9.78 Å². The molecular weight excluding hydrogens is 290 g/mol. The van der Waals surface area contributed by atoms with Crippen molar-refractivity contribution in [1.82, 2.24) is 10.3 Å². The number of nitrogens with one attached hydrogen (secondary N) is 1. The van der Waals surface area contributed by atoms with Crippen LogP contribution in [0.5, 0.6) is 0 Å². The van der Waals surface area contributed by atoms with Crippen LogP contribution in [0, 0.1) is 11.3 Å². The second kappa shape index (κ2) is 7.03. The van der Waals surface area contributed by atoms with Crippen LogP contribution < -0.4 is 5.32 Å². The summed E-state index contributed by atoms with van der Waals surface area (Å²) in [5, 5.41) is 12.0. The van der Waals surface area contributed by atoms with Gasteiger partial charge in [-0.05, 0) is 37.1 Å². The van der Waals surface area contributed by atoms with Crippen molar-refractivity contribution in [2.24, 2.45) is 0 Å². The summed E-state index contributed by atoms with van der Waals surface area (Å²) in [6.45, 7) is 1.40. The van der Waals surface area contributed by atoms with E-state index in [4.69, 9.17) is 10.00 Å². The number of benzene rings is 1. The summed E-state index contributed by atoms with van der Waals surface area (Å²) in [7, 11) is 0. The Labute approximate surface area is 134 Å². The fraction of sp³-hybridized carbons (Fsp3) is 0.278. The highest BCUT2D eigenvalue weighted by molar-refractivity contribution is 5.94. The molecule has 5 heteroatoms. The van der Waals surface area contributed by atoms with Crippen LogP contribution in [0.25, 0.3) is 11.3 Å². The number of aromatic nitrogens is 1. The Bertz CT molecular complexity index is 729. The Morgan fingerprint density at radius 1 is 1.22 bits per heavy atom. The van der Waals surface area contributed by atoms with Crippen LogP contribution in [0.2, 0.25) is 0 Å². The Hall–Kier alpha value is -2.71. The molecule has 0 aliphatic carbocycles. The van der Waals surface area contributed by atoms with Gasteiger partial charge in [0, 0.05) is 36.6 Å². The zero-order valence-corrected chi connectivity index (χ0v) is 12.7. The smallest absolute Gasteiger partial charge is 0.251 e. The molecular formula is C18H17N3O2. The van der Waals surface area contributed by atoms with E-state index in [1.165, 1.54) is 0 Å². The van der Waals surface area contributed by atoms with Crippen LogP contribution >= 0.6 is 0 Å². The van der Waals surface area contributed by atoms with Gasteiger partial charge in [-0.25, -0.2) is 0 Å². The first-order chi connectivity index (χ1) is 11.3. The predicted octanol–water partition coefficient (Wildman–Crippen LogP) is 2.53. The molecule has 1 N–H and O–H groups in total. The molecule has 0 radical (unpaired) electrons. The third kappa shape index (κ3) is 3.74. The lowest BCUT2D eigenvalue weighted by molar-refractivity contribution is 0.0696. The van der Waals surface area contributed by atoms with Crippen molar-refractivity contribution in [1.29, 1.82) is 5.26 Å². The average Bonchev–Trinajstić information content (AvgIpc) is 2.63. The summed E-state index contributed by atoms with van der Waals surface area (Å²) < 4.78 is 5.29. The number of amides is 1. The van der Waals surface area contributed by atoms with Gasteiger partial charge in [0.15, 0.2) is 0 Å². The molecule has 0 unspecified atom stereocenters. The van der Waals surface area contributed by atoms with E-state index in [0.29, 0.717) is 24.3 Å². The second-order valence-corrected chi connectivity index (χ2v) is 5.48. The van der Waals surface area contributed by atoms with Gasteiger partial charge in [0.25, 0.3) is 5.91 Å². The van der Waals surface area contributed by atoms with E-state index < -0.39 is 0 Å². The van der Waals surface area contributed by atoms with Gasteiger partial charge in [-0.2, -0.15) is 5.26 Å². The molecule has 2 aromatic rings. The maximum absolute atomic E-state index is 12.3. The van der Waals surface area contributed by atoms with Crippen molar-refractivity contribution in [2.75, 3.05) is 13.2 Å². The monoisotopic (exact) mass is 307 g/mol. The number of carbonyl (C=O) groups excluding carboxylic acids is 1. The molecule has 0 spiro atoms. The first-order valence-electron chi connectivity index (χ1n) is 7.61. The van der Waals surface area contributed by atoms with Crippen LogP contribution in [0.3, 0.4) is 0 Å². The highest BCUT2D eigenvalue weighted by atomic mass is 16.5. The number of hydrogen-bond acceptors (Lipinski definition) is 4. The number of ether oxygens (including phenoxy) is 1. The first-order valence-corrected chi connectivity index (χ1v) is 7.61. The van der Waals surface area contributed by atoms with Crippen LogP contribution in [0.4, 0.5) is 0 Å². The zero-order chi connectivity index (χ0) is 16.1. The van der Waals surface area contributed by atoms with Crippen molar-refractivity contribution < 1.29 is 9.53 Å². The van der Waals surface area contributed by atoms with E-state index in [9.17, 15) is 4.79 Å². The molecule has 23 heavy (non-hydrogen) atoms. The molecule has 0 bridgehead atoms. The van der Waals surface area contributed by atoms with Crippen LogP contribution in [0.15, 0.2) is 42.6 Å². The molecule has 1 amide bonds. The maximum atomic E-state index is 12.3. The van der Waals surface area contributed by atoms with Gasteiger partial charge >= 0.3 is 0 Å². The quantitative estimate of drug-likeness (QED) is 0.945. The molecule has 1 aromatic heterocycles. The minimum Gasteiger partial charge on any atom is -0.381 e. The van der Waals surface area contributed by atoms with Crippen LogP contribution in [-0.4, -0.2) is 30.1 Å². The molecule has 3 rings (SSSR count). The maximum Gasteiger partial charge on any atom is 0.251 e. The second-order valence-electron chi connectivity index (χ2n) is 5.48. The molecule has 0 atom stereocenters. The fourth-order valence-corrected chi connectivity index (χ4v) is 2.56. The van der Waals surface area contributed by atoms with E-state index in [1.54, 1.807) is 30.5 Å². The third-order valence-corrected chi connectivity index (χ3v) is 3.89. The lowest BCUT2D eigenvalue weighted by atomic mass is 10.1. The zero-order valence-electron chi connectivity index (χ0n) is 12.7. The lowest BCUT2D eigenvalue weighted by Crippen LogP contribution is -2.38. The average molecular weight is 307 g/mol. The van der Waals surface area contributed by atoms with E-state index in [2.05, 4.69) is 16.4 Å². The molecule has 5 nitrogen and oxygen atoms in total. The summed E-state index contributed by atoms with van der Waals surface area (Å²) >= 11 is 0. The van der Waals surface area contributed by atoms with E-state index in [0.717, 1.165) is 24.1 Å². The van der Waals surface area contributed by atoms with Crippen molar-refractivity contribution in [3.63, 3.8) is 0 Å². The topological polar surface area (TPSA) is 75.0 Å². The molecule has 1 aromatic carbocycles. The van der Waals surface area contributed by atoms with E-state index >= 15 is 0 Å². The van der Waals surface area contributed by atoms with Gasteiger partial charge in [-0.15, -0.1) is 0 Å². The van der Waals surface area contributed by atoms with E-state index in [-0.39, 0.29) is 11.9 Å². The molecule has 1 aliphatic heterocycles. The number of pyridine rings is 1.